The summed E-state index contributed by atoms with van der Waals surface area (Å²) in [6, 6.07) is 3.61. The lowest BCUT2D eigenvalue weighted by Gasteiger charge is -2.24. The lowest BCUT2D eigenvalue weighted by molar-refractivity contribution is -0.138. The number of hydrogen-bond donors (Lipinski definition) is 0. The van der Waals surface area contributed by atoms with E-state index in [0.717, 1.165) is 18.9 Å². The summed E-state index contributed by atoms with van der Waals surface area (Å²) in [6.07, 6.45) is -2.46. The molecule has 1 aromatic rings. The Morgan fingerprint density at radius 3 is 2.67 bits per heavy atom. The normalized spacial score (nSPS) is 20.8. The van der Waals surface area contributed by atoms with E-state index in [9.17, 15) is 13.2 Å². The summed E-state index contributed by atoms with van der Waals surface area (Å²) in [5, 5.41) is -0.417. The molecule has 1 aliphatic heterocycles. The van der Waals surface area contributed by atoms with E-state index in [1.54, 1.807) is 0 Å². The Labute approximate surface area is 108 Å². The van der Waals surface area contributed by atoms with Gasteiger partial charge in [0.1, 0.15) is 5.75 Å². The lowest BCUT2D eigenvalue weighted by atomic mass is 10.2. The van der Waals surface area contributed by atoms with Gasteiger partial charge in [-0.3, -0.25) is 0 Å². The van der Waals surface area contributed by atoms with Crippen LogP contribution in [0.15, 0.2) is 18.2 Å². The van der Waals surface area contributed by atoms with Crippen LogP contribution in [-0.2, 0) is 10.9 Å². The molecule has 18 heavy (non-hydrogen) atoms. The van der Waals surface area contributed by atoms with Crippen molar-refractivity contribution in [1.29, 1.82) is 0 Å². The summed E-state index contributed by atoms with van der Waals surface area (Å²) >= 11 is 5.71. The van der Waals surface area contributed by atoms with Crippen LogP contribution in [0.1, 0.15) is 24.8 Å². The molecule has 1 heterocycles. The number of rotatable bonds is 2. The molecule has 1 fully saturated rings. The predicted molar refractivity (Wildman–Crippen MR) is 60.7 cm³/mol. The van der Waals surface area contributed by atoms with Crippen molar-refractivity contribution in [3.05, 3.63) is 28.8 Å². The molecular weight excluding hydrogens is 269 g/mol. The zero-order chi connectivity index (χ0) is 13.2. The molecule has 2 rings (SSSR count). The summed E-state index contributed by atoms with van der Waals surface area (Å²) in [4.78, 5) is 0. The van der Waals surface area contributed by atoms with Crippen molar-refractivity contribution in [3.63, 3.8) is 0 Å². The van der Waals surface area contributed by atoms with Gasteiger partial charge >= 0.3 is 6.18 Å². The molecule has 0 saturated carbocycles. The van der Waals surface area contributed by atoms with E-state index >= 15 is 0 Å². The van der Waals surface area contributed by atoms with Crippen molar-refractivity contribution < 1.29 is 22.6 Å². The largest absolute Gasteiger partial charge is 0.463 e. The van der Waals surface area contributed by atoms with E-state index in [4.69, 9.17) is 21.1 Å². The highest BCUT2D eigenvalue weighted by Crippen LogP contribution is 2.39. The fourth-order valence-electron chi connectivity index (χ4n) is 1.77. The fraction of sp³-hybridized carbons (Fsp3) is 0.500. The van der Waals surface area contributed by atoms with Crippen molar-refractivity contribution in [3.8, 4) is 5.75 Å². The Bertz CT molecular complexity index is 414. The minimum absolute atomic E-state index is 0.0124. The number of hydrogen-bond acceptors (Lipinski definition) is 2. The van der Waals surface area contributed by atoms with E-state index in [-0.39, 0.29) is 5.75 Å². The highest BCUT2D eigenvalue weighted by atomic mass is 35.5. The zero-order valence-electron chi connectivity index (χ0n) is 9.47. The third-order valence-electron chi connectivity index (χ3n) is 2.67. The van der Waals surface area contributed by atoms with Gasteiger partial charge in [-0.1, -0.05) is 17.7 Å². The predicted octanol–water partition coefficient (Wildman–Crippen LogP) is 4.26. The van der Waals surface area contributed by atoms with Gasteiger partial charge < -0.3 is 9.47 Å². The van der Waals surface area contributed by atoms with Gasteiger partial charge in [0.15, 0.2) is 6.29 Å². The Morgan fingerprint density at radius 1 is 1.28 bits per heavy atom. The highest BCUT2D eigenvalue weighted by molar-refractivity contribution is 6.32. The smallest absolute Gasteiger partial charge is 0.417 e. The Kier molecular flexibility index (Phi) is 4.02. The Morgan fingerprint density at radius 2 is 2.06 bits per heavy atom. The van der Waals surface area contributed by atoms with Crippen LogP contribution in [0.3, 0.4) is 0 Å². The van der Waals surface area contributed by atoms with Crippen LogP contribution in [0.2, 0.25) is 5.02 Å². The SMILES string of the molecule is FC(F)(F)c1cccc(OC2CCCCO2)c1Cl. The van der Waals surface area contributed by atoms with Crippen LogP contribution >= 0.6 is 11.6 Å². The topological polar surface area (TPSA) is 18.5 Å². The second-order valence-corrected chi connectivity index (χ2v) is 4.41. The standard InChI is InChI=1S/C12H12ClF3O2/c13-11-8(12(14,15)16)4-3-5-9(11)18-10-6-1-2-7-17-10/h3-5,10H,1-2,6-7H2. The molecule has 0 N–H and O–H groups in total. The molecule has 2 nitrogen and oxygen atoms in total. The van der Waals surface area contributed by atoms with Crippen molar-refractivity contribution in [2.75, 3.05) is 6.61 Å². The van der Waals surface area contributed by atoms with Crippen LogP contribution in [0.5, 0.6) is 5.75 Å². The van der Waals surface area contributed by atoms with Gasteiger partial charge in [0, 0.05) is 6.42 Å². The first-order chi connectivity index (χ1) is 8.48. The monoisotopic (exact) mass is 280 g/mol. The van der Waals surface area contributed by atoms with E-state index in [0.29, 0.717) is 13.0 Å². The second kappa shape index (κ2) is 5.36. The summed E-state index contributed by atoms with van der Waals surface area (Å²) in [5.41, 5.74) is -0.891. The van der Waals surface area contributed by atoms with E-state index in [2.05, 4.69) is 0 Å². The molecule has 0 radical (unpaired) electrons. The van der Waals surface area contributed by atoms with E-state index < -0.39 is 23.1 Å². The van der Waals surface area contributed by atoms with Gasteiger partial charge in [-0.15, -0.1) is 0 Å². The van der Waals surface area contributed by atoms with Crippen molar-refractivity contribution in [1.82, 2.24) is 0 Å². The van der Waals surface area contributed by atoms with Crippen LogP contribution in [0, 0.1) is 0 Å². The van der Waals surface area contributed by atoms with Gasteiger partial charge in [-0.2, -0.15) is 13.2 Å². The van der Waals surface area contributed by atoms with Crippen molar-refractivity contribution >= 4 is 11.6 Å². The lowest BCUT2D eigenvalue weighted by Crippen LogP contribution is -2.25. The average molecular weight is 281 g/mol. The first kappa shape index (κ1) is 13.5. The molecule has 6 heteroatoms. The fourth-order valence-corrected chi connectivity index (χ4v) is 2.04. The highest BCUT2D eigenvalue weighted by Gasteiger charge is 2.34. The molecule has 100 valence electrons. The molecule has 0 amide bonds. The summed E-state index contributed by atoms with van der Waals surface area (Å²) in [6.45, 7) is 0.557. The van der Waals surface area contributed by atoms with Crippen molar-refractivity contribution in [2.24, 2.45) is 0 Å². The second-order valence-electron chi connectivity index (χ2n) is 4.03. The maximum absolute atomic E-state index is 12.6. The number of alkyl halides is 3. The number of benzene rings is 1. The number of halogens is 4. The van der Waals surface area contributed by atoms with Gasteiger partial charge in [0.25, 0.3) is 0 Å². The molecule has 1 aromatic carbocycles. The van der Waals surface area contributed by atoms with Gasteiger partial charge in [-0.25, -0.2) is 0 Å². The quantitative estimate of drug-likeness (QED) is 0.806. The summed E-state index contributed by atoms with van der Waals surface area (Å²) < 4.78 is 48.6. The average Bonchev–Trinajstić information content (AvgIpc) is 2.32. The van der Waals surface area contributed by atoms with E-state index in [1.165, 1.54) is 12.1 Å². The van der Waals surface area contributed by atoms with Crippen LogP contribution in [0.25, 0.3) is 0 Å². The van der Waals surface area contributed by atoms with Gasteiger partial charge in [0.05, 0.1) is 17.2 Å². The maximum Gasteiger partial charge on any atom is 0.417 e. The first-order valence-corrected chi connectivity index (χ1v) is 6.00. The molecule has 0 aliphatic carbocycles. The zero-order valence-corrected chi connectivity index (χ0v) is 10.2. The van der Waals surface area contributed by atoms with Crippen molar-refractivity contribution in [2.45, 2.75) is 31.7 Å². The van der Waals surface area contributed by atoms with Gasteiger partial charge in [-0.05, 0) is 25.0 Å². The summed E-state index contributed by atoms with van der Waals surface area (Å²) in [5.74, 6) is 0.0124. The molecule has 0 spiro atoms. The third kappa shape index (κ3) is 3.09. The first-order valence-electron chi connectivity index (χ1n) is 5.62. The third-order valence-corrected chi connectivity index (χ3v) is 3.05. The Hall–Kier alpha value is -0.940. The van der Waals surface area contributed by atoms with Crippen LogP contribution < -0.4 is 4.74 Å². The number of ether oxygens (including phenoxy) is 2. The summed E-state index contributed by atoms with van der Waals surface area (Å²) in [7, 11) is 0. The van der Waals surface area contributed by atoms with Crippen LogP contribution in [0.4, 0.5) is 13.2 Å². The molecule has 1 unspecified atom stereocenters. The molecule has 1 saturated heterocycles. The molecule has 0 bridgehead atoms. The van der Waals surface area contributed by atoms with Gasteiger partial charge in [0.2, 0.25) is 0 Å². The van der Waals surface area contributed by atoms with Crippen LogP contribution in [-0.4, -0.2) is 12.9 Å². The van der Waals surface area contributed by atoms with E-state index in [1.807, 2.05) is 0 Å². The molecule has 1 atom stereocenters. The Balaban J connectivity index is 2.18. The molecule has 0 aromatic heterocycles. The minimum atomic E-state index is -4.48. The molecular formula is C12H12ClF3O2. The molecule has 1 aliphatic rings. The maximum atomic E-state index is 12.6. The minimum Gasteiger partial charge on any atom is -0.463 e.